The van der Waals surface area contributed by atoms with Crippen molar-refractivity contribution in [1.29, 1.82) is 0 Å². The van der Waals surface area contributed by atoms with Crippen LogP contribution in [0.25, 0.3) is 0 Å². The molecule has 0 aliphatic heterocycles. The van der Waals surface area contributed by atoms with Gasteiger partial charge >= 0.3 is 0 Å². The lowest BCUT2D eigenvalue weighted by Gasteiger charge is -2.38. The summed E-state index contributed by atoms with van der Waals surface area (Å²) in [6, 6.07) is 8.26. The molecule has 0 heterocycles. The standard InChI is InChI=1S/C19H29NO/c1-15(2)16-9-11-17(12-10-16)18(21)19(20(3)4)13-7-5-6-8-14-19/h9-12,15H,5-8,13-14H2,1-4H3. The summed E-state index contributed by atoms with van der Waals surface area (Å²) >= 11 is 0. The molecule has 2 nitrogen and oxygen atoms in total. The van der Waals surface area contributed by atoms with Crippen LogP contribution in [0, 0.1) is 0 Å². The smallest absolute Gasteiger partial charge is 0.183 e. The van der Waals surface area contributed by atoms with Gasteiger partial charge in [0.05, 0.1) is 5.54 Å². The number of carbonyl (C=O) groups excluding carboxylic acids is 1. The predicted octanol–water partition coefficient (Wildman–Crippen LogP) is 4.65. The molecule has 116 valence electrons. The summed E-state index contributed by atoms with van der Waals surface area (Å²) in [4.78, 5) is 15.3. The molecule has 0 amide bonds. The van der Waals surface area contributed by atoms with Crippen molar-refractivity contribution in [2.45, 2.75) is 63.8 Å². The first-order valence-corrected chi connectivity index (χ1v) is 8.29. The minimum absolute atomic E-state index is 0.296. The maximum Gasteiger partial charge on any atom is 0.183 e. The van der Waals surface area contributed by atoms with E-state index in [1.54, 1.807) is 0 Å². The molecule has 1 aliphatic rings. The van der Waals surface area contributed by atoms with E-state index >= 15 is 0 Å². The number of benzene rings is 1. The van der Waals surface area contributed by atoms with E-state index in [4.69, 9.17) is 0 Å². The Morgan fingerprint density at radius 3 is 1.95 bits per heavy atom. The van der Waals surface area contributed by atoms with Crippen LogP contribution in [0.15, 0.2) is 24.3 Å². The molecule has 1 aromatic carbocycles. The third-order valence-corrected chi connectivity index (χ3v) is 5.05. The zero-order valence-electron chi connectivity index (χ0n) is 14.0. The fourth-order valence-electron chi connectivity index (χ4n) is 3.48. The van der Waals surface area contributed by atoms with Crippen molar-refractivity contribution in [3.8, 4) is 0 Å². The fraction of sp³-hybridized carbons (Fsp3) is 0.632. The molecular formula is C19H29NO. The Balaban J connectivity index is 2.29. The van der Waals surface area contributed by atoms with Crippen molar-refractivity contribution < 1.29 is 4.79 Å². The van der Waals surface area contributed by atoms with E-state index in [2.05, 4.69) is 45.0 Å². The van der Waals surface area contributed by atoms with Crippen LogP contribution in [0.5, 0.6) is 0 Å². The maximum absolute atomic E-state index is 13.2. The Morgan fingerprint density at radius 2 is 1.52 bits per heavy atom. The van der Waals surface area contributed by atoms with E-state index in [-0.39, 0.29) is 5.54 Å². The van der Waals surface area contributed by atoms with Crippen molar-refractivity contribution in [2.24, 2.45) is 0 Å². The SMILES string of the molecule is CC(C)c1ccc(C(=O)C2(N(C)C)CCCCCC2)cc1. The van der Waals surface area contributed by atoms with Gasteiger partial charge in [-0.3, -0.25) is 9.69 Å². The van der Waals surface area contributed by atoms with Gasteiger partial charge in [0.1, 0.15) is 0 Å². The highest BCUT2D eigenvalue weighted by Crippen LogP contribution is 2.34. The van der Waals surface area contributed by atoms with Crippen LogP contribution in [0.3, 0.4) is 0 Å². The molecule has 0 aromatic heterocycles. The average molecular weight is 287 g/mol. The van der Waals surface area contributed by atoms with Crippen LogP contribution in [-0.2, 0) is 0 Å². The molecule has 0 unspecified atom stereocenters. The van der Waals surface area contributed by atoms with Gasteiger partial charge in [-0.1, -0.05) is 63.8 Å². The van der Waals surface area contributed by atoms with Gasteiger partial charge < -0.3 is 0 Å². The maximum atomic E-state index is 13.2. The summed E-state index contributed by atoms with van der Waals surface area (Å²) in [6.45, 7) is 4.37. The van der Waals surface area contributed by atoms with Crippen molar-refractivity contribution in [3.63, 3.8) is 0 Å². The lowest BCUT2D eigenvalue weighted by atomic mass is 9.81. The third kappa shape index (κ3) is 3.37. The van der Waals surface area contributed by atoms with E-state index in [1.165, 1.54) is 18.4 Å². The number of ketones is 1. The molecule has 1 saturated carbocycles. The van der Waals surface area contributed by atoms with Gasteiger partial charge in [0.25, 0.3) is 0 Å². The molecule has 2 heteroatoms. The van der Waals surface area contributed by atoms with Crippen LogP contribution in [0.1, 0.15) is 74.2 Å². The van der Waals surface area contributed by atoms with Crippen molar-refractivity contribution >= 4 is 5.78 Å². The Bertz CT molecular complexity index is 465. The molecule has 0 N–H and O–H groups in total. The molecule has 0 spiro atoms. The Morgan fingerprint density at radius 1 is 1.00 bits per heavy atom. The molecule has 2 rings (SSSR count). The van der Waals surface area contributed by atoms with E-state index in [0.717, 1.165) is 31.2 Å². The van der Waals surface area contributed by atoms with Crippen molar-refractivity contribution in [2.75, 3.05) is 14.1 Å². The first-order valence-electron chi connectivity index (χ1n) is 8.29. The summed E-state index contributed by atoms with van der Waals surface area (Å²) in [5.41, 5.74) is 1.87. The van der Waals surface area contributed by atoms with Gasteiger partial charge in [-0.15, -0.1) is 0 Å². The monoisotopic (exact) mass is 287 g/mol. The number of nitrogens with zero attached hydrogens (tertiary/aromatic N) is 1. The van der Waals surface area contributed by atoms with E-state index in [1.807, 2.05) is 12.1 Å². The van der Waals surface area contributed by atoms with Crippen molar-refractivity contribution in [3.05, 3.63) is 35.4 Å². The van der Waals surface area contributed by atoms with E-state index in [0.29, 0.717) is 11.7 Å². The highest BCUT2D eigenvalue weighted by Gasteiger charge is 2.40. The largest absolute Gasteiger partial charge is 0.297 e. The topological polar surface area (TPSA) is 20.3 Å². The second-order valence-corrected chi connectivity index (χ2v) is 6.95. The second kappa shape index (κ2) is 6.74. The summed E-state index contributed by atoms with van der Waals surface area (Å²) in [5.74, 6) is 0.819. The van der Waals surface area contributed by atoms with Gasteiger partial charge in [-0.05, 0) is 38.4 Å². The number of hydrogen-bond donors (Lipinski definition) is 0. The first kappa shape index (κ1) is 16.2. The molecule has 0 atom stereocenters. The minimum Gasteiger partial charge on any atom is -0.297 e. The third-order valence-electron chi connectivity index (χ3n) is 5.05. The van der Waals surface area contributed by atoms with Crippen LogP contribution < -0.4 is 0 Å². The number of likely N-dealkylation sites (N-methyl/N-ethyl adjacent to an activating group) is 1. The van der Waals surface area contributed by atoms with Gasteiger partial charge in [0.2, 0.25) is 0 Å². The van der Waals surface area contributed by atoms with Gasteiger partial charge in [0, 0.05) is 5.56 Å². The van der Waals surface area contributed by atoms with Gasteiger partial charge in [-0.25, -0.2) is 0 Å². The molecule has 0 saturated heterocycles. The van der Waals surface area contributed by atoms with Crippen LogP contribution >= 0.6 is 0 Å². The highest BCUT2D eigenvalue weighted by atomic mass is 16.1. The number of carbonyl (C=O) groups is 1. The zero-order chi connectivity index (χ0) is 15.5. The normalized spacial score (nSPS) is 18.8. The molecule has 1 fully saturated rings. The Kier molecular flexibility index (Phi) is 5.21. The molecule has 0 bridgehead atoms. The highest BCUT2D eigenvalue weighted by molar-refractivity contribution is 6.03. The van der Waals surface area contributed by atoms with Crippen LogP contribution in [-0.4, -0.2) is 30.3 Å². The Labute approximate surface area is 129 Å². The first-order chi connectivity index (χ1) is 9.97. The summed E-state index contributed by atoms with van der Waals surface area (Å²) in [7, 11) is 4.12. The Hall–Kier alpha value is -1.15. The van der Waals surface area contributed by atoms with Gasteiger partial charge in [0.15, 0.2) is 5.78 Å². The fourth-order valence-corrected chi connectivity index (χ4v) is 3.48. The second-order valence-electron chi connectivity index (χ2n) is 6.95. The average Bonchev–Trinajstić information content (AvgIpc) is 2.73. The number of Topliss-reactive ketones (excluding diaryl/α,β-unsaturated/α-hetero) is 1. The minimum atomic E-state index is -0.296. The van der Waals surface area contributed by atoms with Gasteiger partial charge in [-0.2, -0.15) is 0 Å². The van der Waals surface area contributed by atoms with E-state index in [9.17, 15) is 4.79 Å². The summed E-state index contributed by atoms with van der Waals surface area (Å²) < 4.78 is 0. The van der Waals surface area contributed by atoms with Crippen LogP contribution in [0.2, 0.25) is 0 Å². The number of hydrogen-bond acceptors (Lipinski definition) is 2. The molecule has 1 aliphatic carbocycles. The van der Waals surface area contributed by atoms with Crippen LogP contribution in [0.4, 0.5) is 0 Å². The zero-order valence-corrected chi connectivity index (χ0v) is 14.0. The lowest BCUT2D eigenvalue weighted by Crippen LogP contribution is -2.50. The summed E-state index contributed by atoms with van der Waals surface area (Å²) in [6.07, 6.45) is 6.82. The quantitative estimate of drug-likeness (QED) is 0.593. The molecule has 1 aromatic rings. The molecule has 21 heavy (non-hydrogen) atoms. The predicted molar refractivity (Wildman–Crippen MR) is 89.0 cm³/mol. The van der Waals surface area contributed by atoms with Crippen molar-refractivity contribution in [1.82, 2.24) is 4.90 Å². The molecular weight excluding hydrogens is 258 g/mol. The van der Waals surface area contributed by atoms with E-state index < -0.39 is 0 Å². The molecule has 0 radical (unpaired) electrons. The summed E-state index contributed by atoms with van der Waals surface area (Å²) in [5, 5.41) is 0. The lowest BCUT2D eigenvalue weighted by molar-refractivity contribution is 0.0635. The number of rotatable bonds is 4.